The van der Waals surface area contributed by atoms with Crippen LogP contribution in [0.5, 0.6) is 0 Å². The van der Waals surface area contributed by atoms with Crippen molar-refractivity contribution in [2.75, 3.05) is 38.5 Å². The zero-order chi connectivity index (χ0) is 13.7. The van der Waals surface area contributed by atoms with Crippen LogP contribution in [0.25, 0.3) is 0 Å². The monoisotopic (exact) mass is 301 g/mol. The third-order valence-electron chi connectivity index (χ3n) is 3.34. The van der Waals surface area contributed by atoms with Gasteiger partial charge in [0.2, 0.25) is 5.91 Å². The van der Waals surface area contributed by atoms with E-state index < -0.39 is 0 Å². The third-order valence-corrected chi connectivity index (χ3v) is 3.34. The van der Waals surface area contributed by atoms with Crippen molar-refractivity contribution in [2.24, 2.45) is 5.92 Å². The number of likely N-dealkylation sites (tertiary alicyclic amines) is 1. The van der Waals surface area contributed by atoms with Gasteiger partial charge >= 0.3 is 0 Å². The van der Waals surface area contributed by atoms with E-state index >= 15 is 0 Å². The van der Waals surface area contributed by atoms with Gasteiger partial charge in [0.1, 0.15) is 5.82 Å². The summed E-state index contributed by atoms with van der Waals surface area (Å²) in [4.78, 5) is 14.0. The van der Waals surface area contributed by atoms with Crippen LogP contribution in [-0.2, 0) is 4.79 Å². The maximum Gasteiger partial charge on any atom is 0.238 e. The van der Waals surface area contributed by atoms with Crippen molar-refractivity contribution in [3.05, 3.63) is 30.1 Å². The Balaban J connectivity index is 0.00000200. The molecule has 4 nitrogen and oxygen atoms in total. The average Bonchev–Trinajstić information content (AvgIpc) is 2.77. The Morgan fingerprint density at radius 2 is 2.30 bits per heavy atom. The van der Waals surface area contributed by atoms with E-state index in [2.05, 4.69) is 15.5 Å². The first-order valence-electron chi connectivity index (χ1n) is 6.60. The molecule has 1 unspecified atom stereocenters. The lowest BCUT2D eigenvalue weighted by molar-refractivity contribution is -0.117. The highest BCUT2D eigenvalue weighted by molar-refractivity contribution is 5.92. The van der Waals surface area contributed by atoms with Gasteiger partial charge < -0.3 is 10.6 Å². The smallest absolute Gasteiger partial charge is 0.238 e. The SMILES string of the molecule is CNCC1CCN(CC(=O)Nc2cccc(F)c2)C1.Cl. The molecule has 2 N–H and O–H groups in total. The normalized spacial score (nSPS) is 18.6. The molecule has 112 valence electrons. The first-order valence-corrected chi connectivity index (χ1v) is 6.60. The van der Waals surface area contributed by atoms with Crippen LogP contribution in [0.4, 0.5) is 10.1 Å². The summed E-state index contributed by atoms with van der Waals surface area (Å²) in [5, 5.41) is 5.88. The maximum atomic E-state index is 13.0. The van der Waals surface area contributed by atoms with Gasteiger partial charge in [-0.15, -0.1) is 12.4 Å². The van der Waals surface area contributed by atoms with Crippen molar-refractivity contribution in [2.45, 2.75) is 6.42 Å². The number of anilines is 1. The van der Waals surface area contributed by atoms with Crippen LogP contribution >= 0.6 is 12.4 Å². The molecule has 1 aliphatic rings. The number of hydrogen-bond donors (Lipinski definition) is 2. The number of hydrogen-bond acceptors (Lipinski definition) is 3. The van der Waals surface area contributed by atoms with E-state index in [9.17, 15) is 9.18 Å². The highest BCUT2D eigenvalue weighted by Gasteiger charge is 2.23. The molecule has 1 saturated heterocycles. The molecular weight excluding hydrogens is 281 g/mol. The van der Waals surface area contributed by atoms with Gasteiger partial charge in [-0.2, -0.15) is 0 Å². The van der Waals surface area contributed by atoms with Gasteiger partial charge in [-0.1, -0.05) is 6.07 Å². The molecule has 2 rings (SSSR count). The first kappa shape index (κ1) is 16.9. The molecular formula is C14H21ClFN3O. The molecule has 0 spiro atoms. The summed E-state index contributed by atoms with van der Waals surface area (Å²) in [7, 11) is 1.94. The number of amides is 1. The van der Waals surface area contributed by atoms with Gasteiger partial charge in [0.15, 0.2) is 0 Å². The van der Waals surface area contributed by atoms with Crippen LogP contribution in [0.2, 0.25) is 0 Å². The molecule has 0 aromatic heterocycles. The summed E-state index contributed by atoms with van der Waals surface area (Å²) in [6.07, 6.45) is 1.12. The fourth-order valence-corrected chi connectivity index (χ4v) is 2.48. The molecule has 0 aliphatic carbocycles. The molecule has 1 atom stereocenters. The Kier molecular flexibility index (Phi) is 6.91. The number of nitrogens with zero attached hydrogens (tertiary/aromatic N) is 1. The van der Waals surface area contributed by atoms with Crippen LogP contribution in [0, 0.1) is 11.7 Å². The molecule has 20 heavy (non-hydrogen) atoms. The number of rotatable bonds is 5. The van der Waals surface area contributed by atoms with Crippen LogP contribution in [0.3, 0.4) is 0 Å². The van der Waals surface area contributed by atoms with Crippen molar-refractivity contribution in [3.63, 3.8) is 0 Å². The van der Waals surface area contributed by atoms with Gasteiger partial charge in [0.25, 0.3) is 0 Å². The zero-order valence-corrected chi connectivity index (χ0v) is 12.4. The standard InChI is InChI=1S/C14H20FN3O.ClH/c1-16-8-11-5-6-18(9-11)10-14(19)17-13-4-2-3-12(15)7-13;/h2-4,7,11,16H,5-6,8-10H2,1H3,(H,17,19);1H. The minimum Gasteiger partial charge on any atom is -0.325 e. The van der Waals surface area contributed by atoms with E-state index in [4.69, 9.17) is 0 Å². The van der Waals surface area contributed by atoms with E-state index in [-0.39, 0.29) is 24.1 Å². The number of carbonyl (C=O) groups is 1. The third kappa shape index (κ3) is 5.07. The molecule has 0 saturated carbocycles. The van der Waals surface area contributed by atoms with E-state index in [0.29, 0.717) is 18.2 Å². The predicted molar refractivity (Wildman–Crippen MR) is 80.8 cm³/mol. The highest BCUT2D eigenvalue weighted by atomic mass is 35.5. The van der Waals surface area contributed by atoms with E-state index in [1.54, 1.807) is 12.1 Å². The summed E-state index contributed by atoms with van der Waals surface area (Å²) >= 11 is 0. The average molecular weight is 302 g/mol. The van der Waals surface area contributed by atoms with Crippen molar-refractivity contribution in [1.82, 2.24) is 10.2 Å². The minimum atomic E-state index is -0.340. The van der Waals surface area contributed by atoms with Crippen molar-refractivity contribution >= 4 is 24.0 Å². The molecule has 1 amide bonds. The molecule has 1 heterocycles. The van der Waals surface area contributed by atoms with Gasteiger partial charge in [-0.3, -0.25) is 9.69 Å². The lowest BCUT2D eigenvalue weighted by atomic mass is 10.1. The fraction of sp³-hybridized carbons (Fsp3) is 0.500. The predicted octanol–water partition coefficient (Wildman–Crippen LogP) is 1.73. The molecule has 1 aromatic carbocycles. The number of nitrogens with one attached hydrogen (secondary N) is 2. The van der Waals surface area contributed by atoms with Crippen LogP contribution < -0.4 is 10.6 Å². The second-order valence-electron chi connectivity index (χ2n) is 5.01. The number of halogens is 2. The summed E-state index contributed by atoms with van der Waals surface area (Å²) < 4.78 is 13.0. The van der Waals surface area contributed by atoms with Gasteiger partial charge in [-0.05, 0) is 50.7 Å². The first-order chi connectivity index (χ1) is 9.17. The number of carbonyl (C=O) groups excluding carboxylic acids is 1. The Labute approximate surface area is 125 Å². The van der Waals surface area contributed by atoms with Crippen molar-refractivity contribution in [1.29, 1.82) is 0 Å². The second kappa shape index (κ2) is 8.19. The summed E-state index contributed by atoms with van der Waals surface area (Å²) in [6, 6.07) is 5.96. The van der Waals surface area contributed by atoms with Crippen LogP contribution in [0.1, 0.15) is 6.42 Å². The quantitative estimate of drug-likeness (QED) is 0.870. The lowest BCUT2D eigenvalue weighted by Gasteiger charge is -2.15. The fourth-order valence-electron chi connectivity index (χ4n) is 2.48. The molecule has 1 aromatic rings. The van der Waals surface area contributed by atoms with Gasteiger partial charge in [-0.25, -0.2) is 4.39 Å². The Hall–Kier alpha value is -1.17. The zero-order valence-electron chi connectivity index (χ0n) is 11.6. The van der Waals surface area contributed by atoms with Crippen LogP contribution in [0.15, 0.2) is 24.3 Å². The largest absolute Gasteiger partial charge is 0.325 e. The minimum absolute atomic E-state index is 0. The molecule has 1 aliphatic heterocycles. The van der Waals surface area contributed by atoms with E-state index in [1.807, 2.05) is 7.05 Å². The van der Waals surface area contributed by atoms with Crippen molar-refractivity contribution < 1.29 is 9.18 Å². The maximum absolute atomic E-state index is 13.0. The Bertz CT molecular complexity index is 444. The summed E-state index contributed by atoms with van der Waals surface area (Å²) in [5.74, 6) is 0.190. The van der Waals surface area contributed by atoms with Gasteiger partial charge in [0.05, 0.1) is 6.54 Å². The summed E-state index contributed by atoms with van der Waals surface area (Å²) in [5.41, 5.74) is 0.510. The molecule has 6 heteroatoms. The molecule has 0 radical (unpaired) electrons. The van der Waals surface area contributed by atoms with Gasteiger partial charge in [0, 0.05) is 12.2 Å². The number of benzene rings is 1. The summed E-state index contributed by atoms with van der Waals surface area (Å²) in [6.45, 7) is 3.25. The van der Waals surface area contributed by atoms with Crippen LogP contribution in [-0.4, -0.2) is 44.0 Å². The molecule has 0 bridgehead atoms. The van der Waals surface area contributed by atoms with Crippen molar-refractivity contribution in [3.8, 4) is 0 Å². The second-order valence-corrected chi connectivity index (χ2v) is 5.01. The highest BCUT2D eigenvalue weighted by Crippen LogP contribution is 2.15. The Morgan fingerprint density at radius 1 is 1.50 bits per heavy atom. The van der Waals surface area contributed by atoms with E-state index in [0.717, 1.165) is 26.1 Å². The van der Waals surface area contributed by atoms with E-state index in [1.165, 1.54) is 12.1 Å². The molecule has 1 fully saturated rings. The Morgan fingerprint density at radius 3 is 3.00 bits per heavy atom. The lowest BCUT2D eigenvalue weighted by Crippen LogP contribution is -2.32. The topological polar surface area (TPSA) is 44.4 Å².